The molecule has 0 fully saturated rings. The zero-order chi connectivity index (χ0) is 10.7. The van der Waals surface area contributed by atoms with E-state index in [1.807, 2.05) is 23.7 Å². The molecular weight excluding hydrogens is 208 g/mol. The summed E-state index contributed by atoms with van der Waals surface area (Å²) in [6, 6.07) is 4.34. The lowest BCUT2D eigenvalue weighted by molar-refractivity contribution is 0.402. The topological polar surface area (TPSA) is 38.1 Å². The number of nitrogens with zero attached hydrogens (tertiary/aromatic N) is 1. The molecule has 0 aliphatic heterocycles. The van der Waals surface area contributed by atoms with Crippen LogP contribution in [0.1, 0.15) is 36.7 Å². The third kappa shape index (κ3) is 2.46. The van der Waals surface area contributed by atoms with E-state index in [0.29, 0.717) is 0 Å². The smallest absolute Gasteiger partial charge is 0.120 e. The quantitative estimate of drug-likeness (QED) is 0.863. The third-order valence-corrected chi connectivity index (χ3v) is 3.25. The molecule has 0 bridgehead atoms. The van der Waals surface area contributed by atoms with Gasteiger partial charge >= 0.3 is 0 Å². The lowest BCUT2D eigenvalue weighted by Gasteiger charge is -2.16. The van der Waals surface area contributed by atoms with Crippen molar-refractivity contribution in [3.8, 4) is 0 Å². The first-order valence-corrected chi connectivity index (χ1v) is 5.84. The molecule has 2 aromatic heterocycles. The maximum Gasteiger partial charge on any atom is 0.120 e. The summed E-state index contributed by atoms with van der Waals surface area (Å²) in [4.78, 5) is 4.28. The lowest BCUT2D eigenvalue weighted by atomic mass is 10.2. The summed E-state index contributed by atoms with van der Waals surface area (Å²) in [5.41, 5.74) is 0. The highest BCUT2D eigenvalue weighted by molar-refractivity contribution is 7.09. The minimum absolute atomic E-state index is 0.207. The summed E-state index contributed by atoms with van der Waals surface area (Å²) in [6.07, 6.45) is 3.53. The van der Waals surface area contributed by atoms with Crippen molar-refractivity contribution < 1.29 is 4.42 Å². The predicted molar refractivity (Wildman–Crippen MR) is 60.8 cm³/mol. The first kappa shape index (κ1) is 10.4. The minimum atomic E-state index is 0.207. The van der Waals surface area contributed by atoms with Gasteiger partial charge in [-0.3, -0.25) is 5.32 Å². The highest BCUT2D eigenvalue weighted by Crippen LogP contribution is 2.20. The molecule has 1 unspecified atom stereocenters. The van der Waals surface area contributed by atoms with E-state index in [2.05, 4.69) is 24.1 Å². The van der Waals surface area contributed by atoms with Crippen LogP contribution in [0.15, 0.2) is 34.4 Å². The van der Waals surface area contributed by atoms with Gasteiger partial charge in [-0.05, 0) is 26.0 Å². The molecule has 0 saturated heterocycles. The summed E-state index contributed by atoms with van der Waals surface area (Å²) in [5.74, 6) is 0.957. The van der Waals surface area contributed by atoms with Crippen LogP contribution >= 0.6 is 11.3 Å². The Labute approximate surface area is 93.2 Å². The number of nitrogens with one attached hydrogen (secondary N) is 1. The van der Waals surface area contributed by atoms with Crippen LogP contribution in [0.2, 0.25) is 0 Å². The van der Waals surface area contributed by atoms with Gasteiger partial charge in [0.25, 0.3) is 0 Å². The maximum absolute atomic E-state index is 5.33. The second kappa shape index (κ2) is 4.59. The highest BCUT2D eigenvalue weighted by atomic mass is 32.1. The van der Waals surface area contributed by atoms with Crippen molar-refractivity contribution in [2.75, 3.05) is 0 Å². The van der Waals surface area contributed by atoms with Gasteiger partial charge in [-0.15, -0.1) is 11.3 Å². The zero-order valence-corrected chi connectivity index (χ0v) is 9.62. The van der Waals surface area contributed by atoms with Gasteiger partial charge in [0.05, 0.1) is 18.3 Å². The number of aromatic nitrogens is 1. The van der Waals surface area contributed by atoms with Gasteiger partial charge in [0, 0.05) is 11.6 Å². The molecule has 2 aromatic rings. The van der Waals surface area contributed by atoms with Gasteiger partial charge in [-0.25, -0.2) is 4.98 Å². The first-order chi connectivity index (χ1) is 7.27. The highest BCUT2D eigenvalue weighted by Gasteiger charge is 2.14. The van der Waals surface area contributed by atoms with Crippen molar-refractivity contribution in [1.29, 1.82) is 0 Å². The number of furan rings is 1. The van der Waals surface area contributed by atoms with E-state index in [1.54, 1.807) is 17.6 Å². The van der Waals surface area contributed by atoms with Crippen LogP contribution in [0.3, 0.4) is 0 Å². The predicted octanol–water partition coefficient (Wildman–Crippen LogP) is 3.15. The van der Waals surface area contributed by atoms with E-state index in [1.165, 1.54) is 0 Å². The Morgan fingerprint density at radius 3 is 2.87 bits per heavy atom. The number of hydrogen-bond acceptors (Lipinski definition) is 4. The molecule has 1 N–H and O–H groups in total. The molecule has 0 radical (unpaired) electrons. The van der Waals surface area contributed by atoms with E-state index >= 15 is 0 Å². The van der Waals surface area contributed by atoms with Crippen molar-refractivity contribution in [2.24, 2.45) is 0 Å². The molecule has 80 valence electrons. The van der Waals surface area contributed by atoms with Crippen LogP contribution in [0.4, 0.5) is 0 Å². The Bertz CT molecular complexity index is 344. The molecule has 0 aliphatic rings. The van der Waals surface area contributed by atoms with E-state index in [4.69, 9.17) is 4.42 Å². The Hall–Kier alpha value is -1.13. The second-order valence-electron chi connectivity index (χ2n) is 3.50. The van der Waals surface area contributed by atoms with Crippen LogP contribution < -0.4 is 5.32 Å². The van der Waals surface area contributed by atoms with E-state index in [-0.39, 0.29) is 12.1 Å². The molecule has 2 rings (SSSR count). The molecule has 0 aliphatic carbocycles. The van der Waals surface area contributed by atoms with Crippen molar-refractivity contribution in [1.82, 2.24) is 10.3 Å². The Kier molecular flexibility index (Phi) is 3.18. The van der Waals surface area contributed by atoms with Crippen molar-refractivity contribution in [3.63, 3.8) is 0 Å². The molecular formula is C11H14N2OS. The van der Waals surface area contributed by atoms with Gasteiger partial charge in [0.15, 0.2) is 0 Å². The molecule has 15 heavy (non-hydrogen) atoms. The van der Waals surface area contributed by atoms with E-state index in [9.17, 15) is 0 Å². The molecule has 2 heterocycles. The third-order valence-electron chi connectivity index (χ3n) is 2.29. The number of hydrogen-bond donors (Lipinski definition) is 1. The van der Waals surface area contributed by atoms with Crippen LogP contribution in [-0.4, -0.2) is 4.98 Å². The summed E-state index contributed by atoms with van der Waals surface area (Å²) >= 11 is 1.67. The zero-order valence-electron chi connectivity index (χ0n) is 8.81. The summed E-state index contributed by atoms with van der Waals surface area (Å²) in [5, 5.41) is 6.53. The Morgan fingerprint density at radius 2 is 2.27 bits per heavy atom. The maximum atomic E-state index is 5.33. The molecule has 2 atom stereocenters. The SMILES string of the molecule is CC(N[C@@H](C)c1ccco1)c1nccs1. The van der Waals surface area contributed by atoms with Gasteiger partial charge in [0.1, 0.15) is 10.8 Å². The van der Waals surface area contributed by atoms with Crippen molar-refractivity contribution >= 4 is 11.3 Å². The standard InChI is InChI=1S/C11H14N2OS/c1-8(10-4-3-6-14-10)13-9(2)11-12-5-7-15-11/h3-9,13H,1-2H3/t8-,9?/m0/s1. The van der Waals surface area contributed by atoms with E-state index < -0.39 is 0 Å². The fourth-order valence-corrected chi connectivity index (χ4v) is 2.17. The molecule has 0 aromatic carbocycles. The fraction of sp³-hybridized carbons (Fsp3) is 0.364. The van der Waals surface area contributed by atoms with Gasteiger partial charge < -0.3 is 4.42 Å². The number of rotatable bonds is 4. The summed E-state index contributed by atoms with van der Waals surface area (Å²) in [6.45, 7) is 4.20. The van der Waals surface area contributed by atoms with Gasteiger partial charge in [0.2, 0.25) is 0 Å². The average molecular weight is 222 g/mol. The minimum Gasteiger partial charge on any atom is -0.468 e. The largest absolute Gasteiger partial charge is 0.468 e. The summed E-state index contributed by atoms with van der Waals surface area (Å²) < 4.78 is 5.33. The van der Waals surface area contributed by atoms with Crippen molar-refractivity contribution in [3.05, 3.63) is 40.7 Å². The normalized spacial score (nSPS) is 15.1. The average Bonchev–Trinajstić information content (AvgIpc) is 2.91. The molecule has 0 amide bonds. The molecule has 3 nitrogen and oxygen atoms in total. The van der Waals surface area contributed by atoms with Gasteiger partial charge in [-0.2, -0.15) is 0 Å². The number of thiazole rings is 1. The van der Waals surface area contributed by atoms with Gasteiger partial charge in [-0.1, -0.05) is 0 Å². The second-order valence-corrected chi connectivity index (χ2v) is 4.42. The Balaban J connectivity index is 1.98. The molecule has 0 saturated carbocycles. The molecule has 0 spiro atoms. The van der Waals surface area contributed by atoms with Crippen LogP contribution in [0.5, 0.6) is 0 Å². The Morgan fingerprint density at radius 1 is 1.40 bits per heavy atom. The van der Waals surface area contributed by atoms with Crippen LogP contribution in [-0.2, 0) is 0 Å². The monoisotopic (exact) mass is 222 g/mol. The van der Waals surface area contributed by atoms with Crippen LogP contribution in [0, 0.1) is 0 Å². The van der Waals surface area contributed by atoms with Crippen LogP contribution in [0.25, 0.3) is 0 Å². The first-order valence-electron chi connectivity index (χ1n) is 4.96. The summed E-state index contributed by atoms with van der Waals surface area (Å²) in [7, 11) is 0. The lowest BCUT2D eigenvalue weighted by Crippen LogP contribution is -2.21. The van der Waals surface area contributed by atoms with E-state index in [0.717, 1.165) is 10.8 Å². The molecule has 4 heteroatoms. The van der Waals surface area contributed by atoms with Crippen molar-refractivity contribution in [2.45, 2.75) is 25.9 Å². The fourth-order valence-electron chi connectivity index (χ4n) is 1.51.